The summed E-state index contributed by atoms with van der Waals surface area (Å²) in [5.74, 6) is -1.10. The number of aryl methyl sites for hydroxylation is 1. The fraction of sp³-hybridized carbons (Fsp3) is 0.294. The number of carbonyl (C=O) groups is 2. The highest BCUT2D eigenvalue weighted by atomic mass is 16.3. The van der Waals surface area contributed by atoms with Gasteiger partial charge in [-0.05, 0) is 6.92 Å². The number of Topliss-reactive ketones (excluding diaryl/α,β-unsaturated/α-hetero) is 1. The zero-order valence-electron chi connectivity index (χ0n) is 11.7. The fourth-order valence-corrected chi connectivity index (χ4v) is 2.91. The second-order valence-electron chi connectivity index (χ2n) is 5.69. The van der Waals surface area contributed by atoms with Gasteiger partial charge in [0.05, 0.1) is 6.04 Å². The van der Waals surface area contributed by atoms with Gasteiger partial charge >= 0.3 is 0 Å². The molecular weight excluding hydrogens is 266 g/mol. The monoisotopic (exact) mass is 283 g/mol. The van der Waals surface area contributed by atoms with E-state index >= 15 is 0 Å². The average molecular weight is 283 g/mol. The third-order valence-corrected chi connectivity index (χ3v) is 4.18. The Kier molecular flexibility index (Phi) is 3.26. The number of carbonyl (C=O) groups excluding carboxylic acids is 2. The van der Waals surface area contributed by atoms with E-state index in [1.807, 2.05) is 31.2 Å². The molecule has 0 radical (unpaired) electrons. The number of amides is 1. The summed E-state index contributed by atoms with van der Waals surface area (Å²) in [4.78, 5) is 24.5. The number of nitrogens with one attached hydrogen (secondary N) is 1. The molecule has 108 valence electrons. The Morgan fingerprint density at radius 2 is 1.90 bits per heavy atom. The summed E-state index contributed by atoms with van der Waals surface area (Å²) >= 11 is 0. The minimum atomic E-state index is -1.67. The second-order valence-corrected chi connectivity index (χ2v) is 5.69. The van der Waals surface area contributed by atoms with Crippen LogP contribution in [0.3, 0.4) is 0 Å². The summed E-state index contributed by atoms with van der Waals surface area (Å²) in [7, 11) is 0. The van der Waals surface area contributed by atoms with E-state index in [0.29, 0.717) is 5.56 Å². The molecule has 1 heterocycles. The van der Waals surface area contributed by atoms with Gasteiger partial charge in [0.1, 0.15) is 0 Å². The fourth-order valence-electron chi connectivity index (χ4n) is 2.91. The lowest BCUT2D eigenvalue weighted by Gasteiger charge is -2.26. The second kappa shape index (κ2) is 4.97. The molecule has 0 bridgehead atoms. The van der Waals surface area contributed by atoms with Gasteiger partial charge in [0.2, 0.25) is 0 Å². The molecule has 2 N–H and O–H groups in total. The molecule has 3 rings (SSSR count). The smallest absolute Gasteiger partial charge is 0.253 e. The average Bonchev–Trinajstić information content (AvgIpc) is 2.71. The maximum atomic E-state index is 12.4. The van der Waals surface area contributed by atoms with E-state index in [2.05, 4.69) is 5.32 Å². The lowest BCUT2D eigenvalue weighted by molar-refractivity contribution is -0.136. The Hall–Kier alpha value is -2.20. The van der Waals surface area contributed by atoms with E-state index < -0.39 is 17.4 Å². The number of benzene rings is 1. The van der Waals surface area contributed by atoms with E-state index in [4.69, 9.17) is 0 Å². The van der Waals surface area contributed by atoms with E-state index in [0.717, 1.165) is 5.56 Å². The molecule has 1 aliphatic carbocycles. The Bertz CT molecular complexity index is 645. The molecule has 4 heteroatoms. The van der Waals surface area contributed by atoms with Gasteiger partial charge < -0.3 is 10.4 Å². The Morgan fingerprint density at radius 1 is 1.24 bits per heavy atom. The van der Waals surface area contributed by atoms with Crippen LogP contribution >= 0.6 is 0 Å². The first-order valence-corrected chi connectivity index (χ1v) is 6.99. The summed E-state index contributed by atoms with van der Waals surface area (Å²) in [5, 5.41) is 13.5. The van der Waals surface area contributed by atoms with Gasteiger partial charge in [-0.2, -0.15) is 0 Å². The lowest BCUT2D eigenvalue weighted by Crippen LogP contribution is -2.44. The standard InChI is InChI=1S/C17H17NO3/c1-11-6-8-12(9-7-11)15(19)10-17(21)13-4-2-3-5-14(13)18-16(17)20/h2-9,13-14,21H,10H2,1H3,(H,18,20). The van der Waals surface area contributed by atoms with Crippen molar-refractivity contribution in [3.05, 3.63) is 59.7 Å². The normalized spacial score (nSPS) is 30.1. The van der Waals surface area contributed by atoms with Crippen molar-refractivity contribution in [3.63, 3.8) is 0 Å². The van der Waals surface area contributed by atoms with Crippen LogP contribution in [0.2, 0.25) is 0 Å². The molecule has 1 saturated heterocycles. The third-order valence-electron chi connectivity index (χ3n) is 4.18. The predicted molar refractivity (Wildman–Crippen MR) is 78.8 cm³/mol. The molecule has 21 heavy (non-hydrogen) atoms. The van der Waals surface area contributed by atoms with Crippen LogP contribution in [0.25, 0.3) is 0 Å². The molecule has 3 unspecified atom stereocenters. The van der Waals surface area contributed by atoms with Gasteiger partial charge in [0.25, 0.3) is 5.91 Å². The van der Waals surface area contributed by atoms with E-state index in [1.54, 1.807) is 24.3 Å². The van der Waals surface area contributed by atoms with Crippen molar-refractivity contribution in [3.8, 4) is 0 Å². The maximum Gasteiger partial charge on any atom is 0.253 e. The SMILES string of the molecule is Cc1ccc(C(=O)CC2(O)C(=O)NC3C=CC=CC32)cc1. The maximum absolute atomic E-state index is 12.4. The topological polar surface area (TPSA) is 66.4 Å². The van der Waals surface area contributed by atoms with E-state index in [1.165, 1.54) is 0 Å². The largest absolute Gasteiger partial charge is 0.379 e. The summed E-state index contributed by atoms with van der Waals surface area (Å²) in [6.45, 7) is 1.94. The van der Waals surface area contributed by atoms with Gasteiger partial charge in [-0.1, -0.05) is 54.1 Å². The zero-order chi connectivity index (χ0) is 15.0. The van der Waals surface area contributed by atoms with Crippen molar-refractivity contribution in [2.75, 3.05) is 0 Å². The van der Waals surface area contributed by atoms with Crippen LogP contribution in [0.4, 0.5) is 0 Å². The Balaban J connectivity index is 1.84. The predicted octanol–water partition coefficient (Wildman–Crippen LogP) is 1.54. The molecule has 1 aromatic rings. The molecule has 1 fully saturated rings. The van der Waals surface area contributed by atoms with Crippen LogP contribution in [0.5, 0.6) is 0 Å². The molecule has 3 atom stereocenters. The summed E-state index contributed by atoms with van der Waals surface area (Å²) in [6, 6.07) is 6.90. The highest BCUT2D eigenvalue weighted by Crippen LogP contribution is 2.35. The first-order chi connectivity index (χ1) is 10.0. The van der Waals surface area contributed by atoms with Crippen LogP contribution in [0.15, 0.2) is 48.6 Å². The minimum Gasteiger partial charge on any atom is -0.379 e. The van der Waals surface area contributed by atoms with Gasteiger partial charge in [-0.3, -0.25) is 9.59 Å². The van der Waals surface area contributed by atoms with Crippen LogP contribution in [-0.2, 0) is 4.79 Å². The van der Waals surface area contributed by atoms with Crippen molar-refractivity contribution in [2.45, 2.75) is 25.0 Å². The number of rotatable bonds is 3. The molecule has 1 amide bonds. The molecule has 0 spiro atoms. The zero-order valence-corrected chi connectivity index (χ0v) is 11.7. The van der Waals surface area contributed by atoms with Crippen molar-refractivity contribution in [1.82, 2.24) is 5.32 Å². The van der Waals surface area contributed by atoms with Crippen molar-refractivity contribution in [2.24, 2.45) is 5.92 Å². The minimum absolute atomic E-state index is 0.207. The Labute approximate surface area is 123 Å². The van der Waals surface area contributed by atoms with Gasteiger partial charge in [0.15, 0.2) is 11.4 Å². The third kappa shape index (κ3) is 2.32. The van der Waals surface area contributed by atoms with Crippen LogP contribution in [0.1, 0.15) is 22.3 Å². The number of hydrogen-bond acceptors (Lipinski definition) is 3. The van der Waals surface area contributed by atoms with Crippen molar-refractivity contribution < 1.29 is 14.7 Å². The number of ketones is 1. The number of fused-ring (bicyclic) bond motifs is 1. The number of hydrogen-bond donors (Lipinski definition) is 2. The molecule has 2 aliphatic rings. The molecule has 1 aliphatic heterocycles. The van der Waals surface area contributed by atoms with Crippen LogP contribution in [0, 0.1) is 12.8 Å². The molecule has 0 saturated carbocycles. The Morgan fingerprint density at radius 3 is 2.62 bits per heavy atom. The molecule has 0 aromatic heterocycles. The van der Waals surface area contributed by atoms with Crippen LogP contribution in [-0.4, -0.2) is 28.4 Å². The van der Waals surface area contributed by atoms with Gasteiger partial charge in [0, 0.05) is 17.9 Å². The number of allylic oxidation sites excluding steroid dienone is 2. The van der Waals surface area contributed by atoms with Crippen molar-refractivity contribution >= 4 is 11.7 Å². The summed E-state index contributed by atoms with van der Waals surface area (Å²) in [5.41, 5.74) is -0.0987. The highest BCUT2D eigenvalue weighted by molar-refractivity contribution is 6.02. The van der Waals surface area contributed by atoms with Gasteiger partial charge in [-0.25, -0.2) is 0 Å². The highest BCUT2D eigenvalue weighted by Gasteiger charge is 2.53. The molecular formula is C17H17NO3. The quantitative estimate of drug-likeness (QED) is 0.827. The lowest BCUT2D eigenvalue weighted by atomic mass is 9.79. The summed E-state index contributed by atoms with van der Waals surface area (Å²) in [6.07, 6.45) is 7.03. The molecule has 1 aromatic carbocycles. The number of aliphatic hydroxyl groups is 1. The van der Waals surface area contributed by atoms with Gasteiger partial charge in [-0.15, -0.1) is 0 Å². The summed E-state index contributed by atoms with van der Waals surface area (Å²) < 4.78 is 0. The first-order valence-electron chi connectivity index (χ1n) is 6.99. The van der Waals surface area contributed by atoms with E-state index in [9.17, 15) is 14.7 Å². The van der Waals surface area contributed by atoms with E-state index in [-0.39, 0.29) is 18.2 Å². The van der Waals surface area contributed by atoms with Crippen LogP contribution < -0.4 is 5.32 Å². The van der Waals surface area contributed by atoms with Crippen molar-refractivity contribution in [1.29, 1.82) is 0 Å². The first kappa shape index (κ1) is 13.8. The molecule has 4 nitrogen and oxygen atoms in total.